The number of carbonyl (C=O) groups is 1. The van der Waals surface area contributed by atoms with Gasteiger partial charge in [0.25, 0.3) is 10.0 Å². The summed E-state index contributed by atoms with van der Waals surface area (Å²) in [5.41, 5.74) is 0.972. The largest absolute Gasteiger partial charge is 0.274 e. The first kappa shape index (κ1) is 11.7. The van der Waals surface area contributed by atoms with Crippen LogP contribution in [-0.2, 0) is 14.8 Å². The van der Waals surface area contributed by atoms with Crippen LogP contribution in [-0.4, -0.2) is 25.7 Å². The minimum absolute atomic E-state index is 0.130. The van der Waals surface area contributed by atoms with Crippen LogP contribution in [0.4, 0.5) is 0 Å². The molecule has 0 aliphatic heterocycles. The van der Waals surface area contributed by atoms with Crippen LogP contribution in [0.1, 0.15) is 12.5 Å². The summed E-state index contributed by atoms with van der Waals surface area (Å²) < 4.78 is 24.3. The summed E-state index contributed by atoms with van der Waals surface area (Å²) >= 11 is 0. The van der Waals surface area contributed by atoms with E-state index in [1.807, 2.05) is 6.92 Å². The highest BCUT2D eigenvalue weighted by Gasteiger charge is 2.22. The molecule has 0 N–H and O–H groups in total. The van der Waals surface area contributed by atoms with E-state index in [-0.39, 0.29) is 4.90 Å². The Balaban J connectivity index is 3.17. The fourth-order valence-corrected chi connectivity index (χ4v) is 2.17. The molecule has 0 saturated carbocycles. The molecule has 1 amide bonds. The van der Waals surface area contributed by atoms with Crippen molar-refractivity contribution in [3.63, 3.8) is 0 Å². The highest BCUT2D eigenvalue weighted by Crippen LogP contribution is 2.14. The zero-order valence-corrected chi connectivity index (χ0v) is 9.71. The third-order valence-corrected chi connectivity index (χ3v) is 3.97. The second kappa shape index (κ2) is 4.02. The highest BCUT2D eigenvalue weighted by molar-refractivity contribution is 7.89. The Morgan fingerprint density at radius 3 is 2.07 bits per heavy atom. The van der Waals surface area contributed by atoms with Crippen LogP contribution >= 0.6 is 0 Å². The Kier molecular flexibility index (Phi) is 3.14. The van der Waals surface area contributed by atoms with E-state index in [9.17, 15) is 13.2 Å². The van der Waals surface area contributed by atoms with Gasteiger partial charge in [0, 0.05) is 14.0 Å². The Bertz CT molecular complexity index is 462. The van der Waals surface area contributed by atoms with Crippen molar-refractivity contribution in [3.05, 3.63) is 29.8 Å². The molecule has 0 radical (unpaired) electrons. The number of aryl methyl sites for hydroxylation is 1. The van der Waals surface area contributed by atoms with Crippen LogP contribution in [0, 0.1) is 6.92 Å². The van der Waals surface area contributed by atoms with Gasteiger partial charge in [-0.15, -0.1) is 0 Å². The zero-order chi connectivity index (χ0) is 11.6. The molecule has 0 saturated heterocycles. The molecule has 0 unspecified atom stereocenters. The molecule has 0 fully saturated rings. The van der Waals surface area contributed by atoms with Gasteiger partial charge in [-0.1, -0.05) is 17.7 Å². The van der Waals surface area contributed by atoms with Gasteiger partial charge in [-0.05, 0) is 19.1 Å². The van der Waals surface area contributed by atoms with Crippen LogP contribution in [0.3, 0.4) is 0 Å². The second-order valence-electron chi connectivity index (χ2n) is 3.30. The molecule has 82 valence electrons. The average Bonchev–Trinajstić information content (AvgIpc) is 2.17. The smallest absolute Gasteiger partial charge is 0.266 e. The standard InChI is InChI=1S/C10H13NO3S/c1-8-4-6-10(7-5-8)15(13,14)11(3)9(2)12/h4-7H,1-3H3. The summed E-state index contributed by atoms with van der Waals surface area (Å²) in [5, 5.41) is 0. The van der Waals surface area contributed by atoms with E-state index in [1.54, 1.807) is 12.1 Å². The highest BCUT2D eigenvalue weighted by atomic mass is 32.2. The second-order valence-corrected chi connectivity index (χ2v) is 5.27. The number of amides is 1. The van der Waals surface area contributed by atoms with Crippen molar-refractivity contribution < 1.29 is 13.2 Å². The van der Waals surface area contributed by atoms with Crippen molar-refractivity contribution in [3.8, 4) is 0 Å². The van der Waals surface area contributed by atoms with Crippen molar-refractivity contribution in [1.82, 2.24) is 4.31 Å². The van der Waals surface area contributed by atoms with Gasteiger partial charge in [-0.25, -0.2) is 12.7 Å². The van der Waals surface area contributed by atoms with Gasteiger partial charge >= 0.3 is 0 Å². The number of benzene rings is 1. The molecule has 0 spiro atoms. The first-order chi connectivity index (χ1) is 6.85. The summed E-state index contributed by atoms with van der Waals surface area (Å²) in [5.74, 6) is -0.504. The lowest BCUT2D eigenvalue weighted by atomic mass is 10.2. The number of sulfonamides is 1. The van der Waals surface area contributed by atoms with Crippen molar-refractivity contribution in [2.24, 2.45) is 0 Å². The van der Waals surface area contributed by atoms with E-state index in [2.05, 4.69) is 0 Å². The van der Waals surface area contributed by atoms with Crippen LogP contribution < -0.4 is 0 Å². The van der Waals surface area contributed by atoms with Crippen LogP contribution in [0.15, 0.2) is 29.2 Å². The fourth-order valence-electron chi connectivity index (χ4n) is 1.04. The number of nitrogens with zero attached hydrogens (tertiary/aromatic N) is 1. The monoisotopic (exact) mass is 227 g/mol. The summed E-state index contributed by atoms with van der Waals surface area (Å²) in [6.45, 7) is 3.08. The van der Waals surface area contributed by atoms with Gasteiger partial charge in [-0.3, -0.25) is 4.79 Å². The SMILES string of the molecule is CC(=O)N(C)S(=O)(=O)c1ccc(C)cc1. The predicted molar refractivity (Wildman–Crippen MR) is 56.8 cm³/mol. The van der Waals surface area contributed by atoms with Crippen LogP contribution in [0.25, 0.3) is 0 Å². The summed E-state index contributed by atoms with van der Waals surface area (Å²) in [6.07, 6.45) is 0. The van der Waals surface area contributed by atoms with Gasteiger partial charge in [0.2, 0.25) is 5.91 Å². The molecule has 0 bridgehead atoms. The lowest BCUT2D eigenvalue weighted by molar-refractivity contribution is -0.123. The molecule has 0 aliphatic rings. The molecular formula is C10H13NO3S. The van der Waals surface area contributed by atoms with E-state index in [4.69, 9.17) is 0 Å². The van der Waals surface area contributed by atoms with E-state index in [1.165, 1.54) is 26.1 Å². The molecule has 1 aromatic rings. The minimum atomic E-state index is -3.67. The first-order valence-corrected chi connectivity index (χ1v) is 5.86. The van der Waals surface area contributed by atoms with Gasteiger partial charge < -0.3 is 0 Å². The number of hydrogen-bond acceptors (Lipinski definition) is 3. The van der Waals surface area contributed by atoms with Gasteiger partial charge in [-0.2, -0.15) is 0 Å². The molecule has 0 aliphatic carbocycles. The quantitative estimate of drug-likeness (QED) is 0.762. The van der Waals surface area contributed by atoms with Crippen molar-refractivity contribution in [2.45, 2.75) is 18.7 Å². The van der Waals surface area contributed by atoms with E-state index >= 15 is 0 Å². The molecule has 1 aromatic carbocycles. The van der Waals surface area contributed by atoms with E-state index in [0.29, 0.717) is 0 Å². The third kappa shape index (κ3) is 2.36. The molecule has 0 heterocycles. The Hall–Kier alpha value is -1.36. The Labute approximate surface area is 89.6 Å². The number of hydrogen-bond donors (Lipinski definition) is 0. The van der Waals surface area contributed by atoms with Gasteiger partial charge in [0.1, 0.15) is 0 Å². The zero-order valence-electron chi connectivity index (χ0n) is 8.89. The molecule has 15 heavy (non-hydrogen) atoms. The summed E-state index contributed by atoms with van der Waals surface area (Å²) in [6, 6.07) is 6.37. The maximum absolute atomic E-state index is 11.8. The molecule has 5 heteroatoms. The lowest BCUT2D eigenvalue weighted by Crippen LogP contribution is -2.31. The average molecular weight is 227 g/mol. The van der Waals surface area contributed by atoms with Crippen molar-refractivity contribution in [2.75, 3.05) is 7.05 Å². The van der Waals surface area contributed by atoms with Gasteiger partial charge in [0.15, 0.2) is 0 Å². The summed E-state index contributed by atoms with van der Waals surface area (Å²) in [7, 11) is -2.42. The fraction of sp³-hybridized carbons (Fsp3) is 0.300. The predicted octanol–water partition coefficient (Wildman–Crippen LogP) is 1.16. The third-order valence-electron chi connectivity index (χ3n) is 2.12. The van der Waals surface area contributed by atoms with Crippen LogP contribution in [0.5, 0.6) is 0 Å². The Morgan fingerprint density at radius 1 is 1.20 bits per heavy atom. The molecule has 1 rings (SSSR count). The maximum atomic E-state index is 11.8. The molecular weight excluding hydrogens is 214 g/mol. The van der Waals surface area contributed by atoms with Crippen molar-refractivity contribution >= 4 is 15.9 Å². The minimum Gasteiger partial charge on any atom is -0.274 e. The summed E-state index contributed by atoms with van der Waals surface area (Å²) in [4.78, 5) is 11.1. The van der Waals surface area contributed by atoms with Crippen LogP contribution in [0.2, 0.25) is 0 Å². The normalized spacial score (nSPS) is 11.1. The molecule has 4 nitrogen and oxygen atoms in total. The molecule has 0 aromatic heterocycles. The number of rotatable bonds is 2. The molecule has 0 atom stereocenters. The number of carbonyl (C=O) groups excluding carboxylic acids is 1. The first-order valence-electron chi connectivity index (χ1n) is 4.42. The van der Waals surface area contributed by atoms with E-state index in [0.717, 1.165) is 9.87 Å². The van der Waals surface area contributed by atoms with E-state index < -0.39 is 15.9 Å². The van der Waals surface area contributed by atoms with Gasteiger partial charge in [0.05, 0.1) is 4.90 Å². The lowest BCUT2D eigenvalue weighted by Gasteiger charge is -2.15. The Morgan fingerprint density at radius 2 is 1.67 bits per heavy atom. The maximum Gasteiger partial charge on any atom is 0.266 e. The van der Waals surface area contributed by atoms with Crippen molar-refractivity contribution in [1.29, 1.82) is 0 Å². The topological polar surface area (TPSA) is 54.5 Å².